The van der Waals surface area contributed by atoms with Crippen LogP contribution in [-0.2, 0) is 4.74 Å². The molecule has 1 aromatic rings. The zero-order valence-corrected chi connectivity index (χ0v) is 11.0. The van der Waals surface area contributed by atoms with Crippen molar-refractivity contribution in [2.75, 3.05) is 25.1 Å². The fourth-order valence-corrected chi connectivity index (χ4v) is 2.50. The molecule has 0 spiro atoms. The summed E-state index contributed by atoms with van der Waals surface area (Å²) < 4.78 is 19.4. The Morgan fingerprint density at radius 2 is 2.33 bits per heavy atom. The molecule has 1 heterocycles. The van der Waals surface area contributed by atoms with Gasteiger partial charge in [-0.1, -0.05) is 6.07 Å². The number of ether oxygens (including phenoxy) is 1. The third-order valence-corrected chi connectivity index (χ3v) is 3.40. The lowest BCUT2D eigenvalue weighted by Gasteiger charge is -2.26. The van der Waals surface area contributed by atoms with Gasteiger partial charge in [0.25, 0.3) is 0 Å². The molecule has 0 amide bonds. The van der Waals surface area contributed by atoms with Crippen molar-refractivity contribution in [3.63, 3.8) is 0 Å². The van der Waals surface area contributed by atoms with Crippen molar-refractivity contribution >= 4 is 5.69 Å². The van der Waals surface area contributed by atoms with E-state index in [2.05, 4.69) is 0 Å². The van der Waals surface area contributed by atoms with E-state index in [9.17, 15) is 4.39 Å². The van der Waals surface area contributed by atoms with Crippen molar-refractivity contribution < 1.29 is 9.13 Å². The summed E-state index contributed by atoms with van der Waals surface area (Å²) in [7, 11) is 1.96. The first-order chi connectivity index (χ1) is 8.59. The number of hydrogen-bond donors (Lipinski definition) is 1. The molecule has 0 aliphatic carbocycles. The minimum absolute atomic E-state index is 0.235. The minimum atomic E-state index is -0.312. The summed E-state index contributed by atoms with van der Waals surface area (Å²) in [5.74, 6) is -0.235. The fourth-order valence-electron chi connectivity index (χ4n) is 2.50. The van der Waals surface area contributed by atoms with Crippen LogP contribution in [0.25, 0.3) is 0 Å². The number of halogens is 1. The summed E-state index contributed by atoms with van der Waals surface area (Å²) in [6, 6.07) is 4.79. The Morgan fingerprint density at radius 1 is 1.56 bits per heavy atom. The van der Waals surface area contributed by atoms with E-state index in [1.807, 2.05) is 24.9 Å². The predicted molar refractivity (Wildman–Crippen MR) is 71.2 cm³/mol. The standard InChI is InChI=1S/C14H21FN2O/c1-10(16)14-12(15)6-3-7-13(14)17(2)9-11-5-4-8-18-11/h3,6-7,10-11H,4-5,8-9,16H2,1-2H3. The third kappa shape index (κ3) is 2.82. The molecule has 18 heavy (non-hydrogen) atoms. The topological polar surface area (TPSA) is 38.5 Å². The molecule has 1 fully saturated rings. The van der Waals surface area contributed by atoms with Crippen LogP contribution in [0.15, 0.2) is 18.2 Å². The number of likely N-dealkylation sites (N-methyl/N-ethyl adjacent to an activating group) is 1. The fraction of sp³-hybridized carbons (Fsp3) is 0.571. The molecule has 1 aromatic carbocycles. The first-order valence-corrected chi connectivity index (χ1v) is 6.46. The van der Waals surface area contributed by atoms with Crippen molar-refractivity contribution in [1.82, 2.24) is 0 Å². The lowest BCUT2D eigenvalue weighted by molar-refractivity contribution is 0.116. The van der Waals surface area contributed by atoms with E-state index in [1.165, 1.54) is 6.07 Å². The van der Waals surface area contributed by atoms with E-state index in [4.69, 9.17) is 10.5 Å². The lowest BCUT2D eigenvalue weighted by atomic mass is 10.0. The Kier molecular flexibility index (Phi) is 4.19. The smallest absolute Gasteiger partial charge is 0.130 e. The second kappa shape index (κ2) is 5.67. The van der Waals surface area contributed by atoms with E-state index in [0.29, 0.717) is 5.56 Å². The maximum absolute atomic E-state index is 13.8. The summed E-state index contributed by atoms with van der Waals surface area (Å²) in [5, 5.41) is 0. The molecule has 4 heteroatoms. The van der Waals surface area contributed by atoms with Crippen molar-refractivity contribution in [3.8, 4) is 0 Å². The first kappa shape index (κ1) is 13.3. The van der Waals surface area contributed by atoms with Crippen LogP contribution in [0, 0.1) is 5.82 Å². The number of benzene rings is 1. The van der Waals surface area contributed by atoms with E-state index in [0.717, 1.165) is 31.7 Å². The quantitative estimate of drug-likeness (QED) is 0.894. The molecule has 1 saturated heterocycles. The van der Waals surface area contributed by atoms with Gasteiger partial charge in [0.15, 0.2) is 0 Å². The van der Waals surface area contributed by atoms with Crippen LogP contribution in [0.2, 0.25) is 0 Å². The summed E-state index contributed by atoms with van der Waals surface area (Å²) >= 11 is 0. The first-order valence-electron chi connectivity index (χ1n) is 6.46. The van der Waals surface area contributed by atoms with Gasteiger partial charge < -0.3 is 15.4 Å². The van der Waals surface area contributed by atoms with Gasteiger partial charge in [-0.25, -0.2) is 4.39 Å². The zero-order valence-electron chi connectivity index (χ0n) is 11.0. The molecule has 3 nitrogen and oxygen atoms in total. The van der Waals surface area contributed by atoms with Gasteiger partial charge in [0, 0.05) is 37.5 Å². The molecule has 1 aliphatic rings. The number of nitrogens with zero attached hydrogens (tertiary/aromatic N) is 1. The van der Waals surface area contributed by atoms with Crippen LogP contribution in [0.3, 0.4) is 0 Å². The molecule has 2 atom stereocenters. The maximum atomic E-state index is 13.8. The number of rotatable bonds is 4. The Balaban J connectivity index is 2.18. The van der Waals surface area contributed by atoms with Crippen LogP contribution in [0.1, 0.15) is 31.4 Å². The molecule has 0 aromatic heterocycles. The van der Waals surface area contributed by atoms with Crippen LogP contribution in [0.5, 0.6) is 0 Å². The van der Waals surface area contributed by atoms with Crippen LogP contribution >= 0.6 is 0 Å². The number of hydrogen-bond acceptors (Lipinski definition) is 3. The van der Waals surface area contributed by atoms with Crippen molar-refractivity contribution in [2.24, 2.45) is 5.73 Å². The van der Waals surface area contributed by atoms with E-state index in [1.54, 1.807) is 6.07 Å². The van der Waals surface area contributed by atoms with Gasteiger partial charge in [-0.05, 0) is 31.9 Å². The molecule has 2 N–H and O–H groups in total. The highest BCUT2D eigenvalue weighted by atomic mass is 19.1. The predicted octanol–water partition coefficient (Wildman–Crippen LogP) is 2.46. The number of anilines is 1. The molecular weight excluding hydrogens is 231 g/mol. The third-order valence-electron chi connectivity index (χ3n) is 3.40. The van der Waals surface area contributed by atoms with Gasteiger partial charge in [0.05, 0.1) is 6.10 Å². The highest BCUT2D eigenvalue weighted by Crippen LogP contribution is 2.28. The Labute approximate surface area is 108 Å². The zero-order chi connectivity index (χ0) is 13.1. The highest BCUT2D eigenvalue weighted by Gasteiger charge is 2.20. The second-order valence-corrected chi connectivity index (χ2v) is 4.98. The van der Waals surface area contributed by atoms with Crippen molar-refractivity contribution in [3.05, 3.63) is 29.6 Å². The average molecular weight is 252 g/mol. The summed E-state index contributed by atoms with van der Waals surface area (Å²) in [6.07, 6.45) is 2.44. The molecule has 1 aliphatic heterocycles. The molecular formula is C14H21FN2O. The molecule has 0 radical (unpaired) electrons. The van der Waals surface area contributed by atoms with Crippen LogP contribution in [0.4, 0.5) is 10.1 Å². The molecule has 2 unspecified atom stereocenters. The second-order valence-electron chi connectivity index (χ2n) is 4.98. The van der Waals surface area contributed by atoms with Gasteiger partial charge in [0.1, 0.15) is 5.82 Å². The lowest BCUT2D eigenvalue weighted by Crippen LogP contribution is -2.30. The van der Waals surface area contributed by atoms with Gasteiger partial charge in [0.2, 0.25) is 0 Å². The van der Waals surface area contributed by atoms with E-state index >= 15 is 0 Å². The monoisotopic (exact) mass is 252 g/mol. The van der Waals surface area contributed by atoms with Gasteiger partial charge in [-0.15, -0.1) is 0 Å². The van der Waals surface area contributed by atoms with Crippen LogP contribution in [-0.4, -0.2) is 26.3 Å². The normalized spacial score (nSPS) is 21.0. The molecule has 2 rings (SSSR count). The van der Waals surface area contributed by atoms with Crippen molar-refractivity contribution in [1.29, 1.82) is 0 Å². The Morgan fingerprint density at radius 3 is 2.94 bits per heavy atom. The van der Waals surface area contributed by atoms with Gasteiger partial charge >= 0.3 is 0 Å². The Hall–Kier alpha value is -1.13. The summed E-state index contributed by atoms with van der Waals surface area (Å²) in [4.78, 5) is 2.04. The van der Waals surface area contributed by atoms with Gasteiger partial charge in [-0.3, -0.25) is 0 Å². The maximum Gasteiger partial charge on any atom is 0.130 e. The molecule has 0 saturated carbocycles. The molecule has 0 bridgehead atoms. The summed E-state index contributed by atoms with van der Waals surface area (Å²) in [5.41, 5.74) is 7.31. The summed E-state index contributed by atoms with van der Waals surface area (Å²) in [6.45, 7) is 3.42. The highest BCUT2D eigenvalue weighted by molar-refractivity contribution is 5.55. The van der Waals surface area contributed by atoms with E-state index < -0.39 is 0 Å². The van der Waals surface area contributed by atoms with Crippen molar-refractivity contribution in [2.45, 2.75) is 31.9 Å². The van der Waals surface area contributed by atoms with Gasteiger partial charge in [-0.2, -0.15) is 0 Å². The van der Waals surface area contributed by atoms with E-state index in [-0.39, 0.29) is 18.0 Å². The minimum Gasteiger partial charge on any atom is -0.376 e. The Bertz CT molecular complexity index is 403. The molecule has 100 valence electrons. The number of nitrogens with two attached hydrogens (primary N) is 1. The largest absolute Gasteiger partial charge is 0.376 e. The van der Waals surface area contributed by atoms with Crippen LogP contribution < -0.4 is 10.6 Å². The SMILES string of the molecule is CC(N)c1c(F)cccc1N(C)CC1CCCO1. The average Bonchev–Trinajstić information content (AvgIpc) is 2.80.